The minimum Gasteiger partial charge on any atom is -0.504 e. The van der Waals surface area contributed by atoms with Crippen LogP contribution in [0.1, 0.15) is 17.5 Å². The van der Waals surface area contributed by atoms with Crippen molar-refractivity contribution in [1.82, 2.24) is 0 Å². The van der Waals surface area contributed by atoms with E-state index in [4.69, 9.17) is 4.74 Å². The van der Waals surface area contributed by atoms with Gasteiger partial charge in [-0.2, -0.15) is 0 Å². The average molecular weight is 298 g/mol. The highest BCUT2D eigenvalue weighted by Crippen LogP contribution is 2.25. The Bertz CT molecular complexity index is 672. The number of carbonyl (C=O) groups excluding carboxylic acids is 1. The maximum atomic E-state index is 11.8. The smallest absolute Gasteiger partial charge is 0.157 e. The first-order valence-electron chi connectivity index (χ1n) is 6.94. The maximum Gasteiger partial charge on any atom is 0.157 e. The molecule has 0 radical (unpaired) electrons. The first kappa shape index (κ1) is 15.6. The number of phenols is 2. The second-order valence-corrected chi connectivity index (χ2v) is 4.90. The normalized spacial score (nSPS) is 10.8. The zero-order valence-corrected chi connectivity index (χ0v) is 12.3. The molecule has 0 unspecified atom stereocenters. The molecule has 0 aromatic heterocycles. The number of aromatic hydroxyl groups is 2. The summed E-state index contributed by atoms with van der Waals surface area (Å²) in [5, 5.41) is 18.6. The maximum absolute atomic E-state index is 11.8. The Balaban J connectivity index is 1.89. The van der Waals surface area contributed by atoms with Crippen LogP contribution in [0.2, 0.25) is 0 Å². The third-order valence-electron chi connectivity index (χ3n) is 3.28. The minimum atomic E-state index is -0.201. The summed E-state index contributed by atoms with van der Waals surface area (Å²) in [5.74, 6) is 0.418. The van der Waals surface area contributed by atoms with Gasteiger partial charge in [0, 0.05) is 6.42 Å². The lowest BCUT2D eigenvalue weighted by Crippen LogP contribution is -1.96. The summed E-state index contributed by atoms with van der Waals surface area (Å²) in [7, 11) is 1.62. The molecule has 0 saturated heterocycles. The number of hydrogen-bond donors (Lipinski definition) is 2. The molecular weight excluding hydrogens is 280 g/mol. The molecule has 2 aromatic rings. The third-order valence-corrected chi connectivity index (χ3v) is 3.28. The fraction of sp³-hybridized carbons (Fsp3) is 0.167. The van der Waals surface area contributed by atoms with Crippen molar-refractivity contribution in [1.29, 1.82) is 0 Å². The van der Waals surface area contributed by atoms with Gasteiger partial charge in [0.05, 0.1) is 7.11 Å². The lowest BCUT2D eigenvalue weighted by Gasteiger charge is -2.02. The lowest BCUT2D eigenvalue weighted by molar-refractivity contribution is -0.114. The molecule has 0 amide bonds. The molecule has 0 heterocycles. The van der Waals surface area contributed by atoms with Gasteiger partial charge in [0.1, 0.15) is 5.75 Å². The number of phenolic OH excluding ortho intramolecular Hbond substituents is 2. The Morgan fingerprint density at radius 3 is 2.45 bits per heavy atom. The van der Waals surface area contributed by atoms with E-state index < -0.39 is 0 Å². The predicted molar refractivity (Wildman–Crippen MR) is 85.1 cm³/mol. The number of benzene rings is 2. The summed E-state index contributed by atoms with van der Waals surface area (Å²) >= 11 is 0. The van der Waals surface area contributed by atoms with Crippen LogP contribution in [0.4, 0.5) is 0 Å². The summed E-state index contributed by atoms with van der Waals surface area (Å²) < 4.78 is 5.08. The first-order valence-corrected chi connectivity index (χ1v) is 6.94. The molecule has 114 valence electrons. The van der Waals surface area contributed by atoms with Crippen molar-refractivity contribution in [3.8, 4) is 17.2 Å². The van der Waals surface area contributed by atoms with Crippen LogP contribution in [-0.2, 0) is 11.2 Å². The van der Waals surface area contributed by atoms with Crippen LogP contribution < -0.4 is 4.74 Å². The first-order chi connectivity index (χ1) is 10.6. The van der Waals surface area contributed by atoms with Crippen molar-refractivity contribution in [3.63, 3.8) is 0 Å². The number of allylic oxidation sites excluding steroid dienone is 1. The molecule has 2 rings (SSSR count). The molecule has 0 aliphatic heterocycles. The molecule has 0 bridgehead atoms. The monoisotopic (exact) mass is 298 g/mol. The van der Waals surface area contributed by atoms with Crippen molar-refractivity contribution in [3.05, 3.63) is 59.7 Å². The minimum absolute atomic E-state index is 0.00313. The number of carbonyl (C=O) groups is 1. The topological polar surface area (TPSA) is 66.8 Å². The molecule has 4 nitrogen and oxygen atoms in total. The highest BCUT2D eigenvalue weighted by Gasteiger charge is 2.01. The second-order valence-electron chi connectivity index (χ2n) is 4.90. The number of aryl methyl sites for hydroxylation is 1. The fourth-order valence-corrected chi connectivity index (χ4v) is 1.98. The molecule has 0 atom stereocenters. The fourth-order valence-electron chi connectivity index (χ4n) is 1.98. The van der Waals surface area contributed by atoms with Crippen molar-refractivity contribution in [2.24, 2.45) is 0 Å². The zero-order valence-electron chi connectivity index (χ0n) is 12.3. The number of methoxy groups -OCH3 is 1. The molecular formula is C18H18O4. The summed E-state index contributed by atoms with van der Waals surface area (Å²) in [6.07, 6.45) is 4.17. The summed E-state index contributed by atoms with van der Waals surface area (Å²) in [4.78, 5) is 11.8. The molecule has 22 heavy (non-hydrogen) atoms. The Kier molecular flexibility index (Phi) is 5.20. The Labute approximate surface area is 129 Å². The quantitative estimate of drug-likeness (QED) is 0.634. The van der Waals surface area contributed by atoms with Crippen LogP contribution >= 0.6 is 0 Å². The van der Waals surface area contributed by atoms with Crippen LogP contribution in [0.5, 0.6) is 17.2 Å². The van der Waals surface area contributed by atoms with Gasteiger partial charge in [-0.15, -0.1) is 0 Å². The van der Waals surface area contributed by atoms with Gasteiger partial charge in [0.2, 0.25) is 0 Å². The number of hydrogen-bond acceptors (Lipinski definition) is 4. The SMILES string of the molecule is COc1ccc(CCC(=O)/C=C/c2ccc(O)c(O)c2)cc1. The van der Waals surface area contributed by atoms with Gasteiger partial charge in [0.25, 0.3) is 0 Å². The third kappa shape index (κ3) is 4.38. The standard InChI is InChI=1S/C18H18O4/c1-22-16-9-4-13(5-10-16)2-7-15(19)8-3-14-6-11-17(20)18(21)12-14/h3-6,8-12,20-21H,2,7H2,1H3/b8-3+. The summed E-state index contributed by atoms with van der Waals surface area (Å²) in [6, 6.07) is 12.0. The molecule has 0 fully saturated rings. The summed E-state index contributed by atoms with van der Waals surface area (Å²) in [6.45, 7) is 0. The van der Waals surface area contributed by atoms with Crippen LogP contribution in [0.3, 0.4) is 0 Å². The summed E-state index contributed by atoms with van der Waals surface area (Å²) in [5.41, 5.74) is 1.73. The van der Waals surface area contributed by atoms with Crippen molar-refractivity contribution < 1.29 is 19.7 Å². The number of ether oxygens (including phenoxy) is 1. The van der Waals surface area contributed by atoms with E-state index in [1.165, 1.54) is 18.2 Å². The zero-order chi connectivity index (χ0) is 15.9. The molecule has 2 aromatic carbocycles. The second kappa shape index (κ2) is 7.31. The van der Waals surface area contributed by atoms with E-state index in [0.717, 1.165) is 11.3 Å². The Morgan fingerprint density at radius 2 is 1.82 bits per heavy atom. The van der Waals surface area contributed by atoms with Crippen molar-refractivity contribution in [2.75, 3.05) is 7.11 Å². The van der Waals surface area contributed by atoms with Gasteiger partial charge in [-0.1, -0.05) is 24.3 Å². The van der Waals surface area contributed by atoms with Crippen LogP contribution in [0, 0.1) is 0 Å². The largest absolute Gasteiger partial charge is 0.504 e. The molecule has 0 saturated carbocycles. The highest BCUT2D eigenvalue weighted by molar-refractivity contribution is 5.93. The lowest BCUT2D eigenvalue weighted by atomic mass is 10.1. The van der Waals surface area contributed by atoms with Crippen molar-refractivity contribution in [2.45, 2.75) is 12.8 Å². The van der Waals surface area contributed by atoms with Crippen LogP contribution in [0.25, 0.3) is 6.08 Å². The van der Waals surface area contributed by atoms with E-state index in [2.05, 4.69) is 0 Å². The van der Waals surface area contributed by atoms with E-state index in [0.29, 0.717) is 18.4 Å². The van der Waals surface area contributed by atoms with E-state index in [9.17, 15) is 15.0 Å². The van der Waals surface area contributed by atoms with E-state index >= 15 is 0 Å². The van der Waals surface area contributed by atoms with Gasteiger partial charge >= 0.3 is 0 Å². The molecule has 0 spiro atoms. The van der Waals surface area contributed by atoms with Gasteiger partial charge in [-0.05, 0) is 47.9 Å². The van der Waals surface area contributed by atoms with Crippen molar-refractivity contribution >= 4 is 11.9 Å². The van der Waals surface area contributed by atoms with E-state index in [1.54, 1.807) is 19.3 Å². The number of rotatable bonds is 6. The Morgan fingerprint density at radius 1 is 1.09 bits per heavy atom. The molecule has 4 heteroatoms. The number of ketones is 1. The van der Waals surface area contributed by atoms with Crippen LogP contribution in [-0.4, -0.2) is 23.1 Å². The van der Waals surface area contributed by atoms with Gasteiger partial charge in [-0.25, -0.2) is 0 Å². The molecule has 0 aliphatic carbocycles. The van der Waals surface area contributed by atoms with E-state index in [-0.39, 0.29) is 17.3 Å². The predicted octanol–water partition coefficient (Wildman–Crippen LogP) is 3.32. The van der Waals surface area contributed by atoms with Crippen LogP contribution in [0.15, 0.2) is 48.5 Å². The van der Waals surface area contributed by atoms with E-state index in [1.807, 2.05) is 24.3 Å². The molecule has 0 aliphatic rings. The molecule has 2 N–H and O–H groups in total. The highest BCUT2D eigenvalue weighted by atomic mass is 16.5. The van der Waals surface area contributed by atoms with Gasteiger partial charge < -0.3 is 14.9 Å². The average Bonchev–Trinajstić information content (AvgIpc) is 2.54. The van der Waals surface area contributed by atoms with Gasteiger partial charge in [-0.3, -0.25) is 4.79 Å². The van der Waals surface area contributed by atoms with Gasteiger partial charge in [0.15, 0.2) is 17.3 Å². The Hall–Kier alpha value is -2.75.